The Kier molecular flexibility index (Phi) is 3.83. The lowest BCUT2D eigenvalue weighted by atomic mass is 10.2. The Bertz CT molecular complexity index is 314. The summed E-state index contributed by atoms with van der Waals surface area (Å²) < 4.78 is 7.85. The number of nitrogens with one attached hydrogen (secondary N) is 1. The molecule has 0 aliphatic carbocycles. The van der Waals surface area contributed by atoms with Gasteiger partial charge in [-0.15, -0.1) is 0 Å². The van der Waals surface area contributed by atoms with Gasteiger partial charge in [-0.1, -0.05) is 0 Å². The molecule has 4 nitrogen and oxygen atoms in total. The van der Waals surface area contributed by atoms with E-state index in [9.17, 15) is 0 Å². The third-order valence-electron chi connectivity index (χ3n) is 2.91. The monoisotopic (exact) mass is 223 g/mol. The molecule has 1 aliphatic rings. The zero-order valence-electron chi connectivity index (χ0n) is 10.1. The van der Waals surface area contributed by atoms with Crippen molar-refractivity contribution >= 4 is 0 Å². The van der Waals surface area contributed by atoms with E-state index < -0.39 is 0 Å². The van der Waals surface area contributed by atoms with E-state index in [-0.39, 0.29) is 0 Å². The molecule has 0 amide bonds. The molecule has 0 aromatic carbocycles. The number of nitrogens with zero attached hydrogens (tertiary/aromatic N) is 2. The van der Waals surface area contributed by atoms with E-state index in [1.807, 2.05) is 17.1 Å². The van der Waals surface area contributed by atoms with Gasteiger partial charge in [-0.2, -0.15) is 5.10 Å². The molecule has 16 heavy (non-hydrogen) atoms. The minimum atomic E-state index is 0.298. The predicted molar refractivity (Wildman–Crippen MR) is 63.7 cm³/mol. The molecule has 1 atom stereocenters. The summed E-state index contributed by atoms with van der Waals surface area (Å²) in [5, 5.41) is 7.67. The van der Waals surface area contributed by atoms with Crippen molar-refractivity contribution in [1.82, 2.24) is 15.1 Å². The average Bonchev–Trinajstić information content (AvgIpc) is 2.56. The summed E-state index contributed by atoms with van der Waals surface area (Å²) in [5.74, 6) is 0.891. The minimum absolute atomic E-state index is 0.298. The number of hydrogen-bond acceptors (Lipinski definition) is 3. The summed E-state index contributed by atoms with van der Waals surface area (Å²) >= 11 is 0. The van der Waals surface area contributed by atoms with Crippen molar-refractivity contribution in [2.24, 2.45) is 0 Å². The van der Waals surface area contributed by atoms with Gasteiger partial charge in [0.05, 0.1) is 12.4 Å². The second-order valence-corrected chi connectivity index (χ2v) is 4.69. The Morgan fingerprint density at radius 1 is 1.50 bits per heavy atom. The maximum atomic E-state index is 5.92. The number of aromatic nitrogens is 2. The van der Waals surface area contributed by atoms with Crippen LogP contribution >= 0.6 is 0 Å². The molecule has 0 bridgehead atoms. The van der Waals surface area contributed by atoms with Crippen molar-refractivity contribution in [3.63, 3.8) is 0 Å². The zero-order chi connectivity index (χ0) is 11.4. The lowest BCUT2D eigenvalue weighted by Gasteiger charge is -2.15. The summed E-state index contributed by atoms with van der Waals surface area (Å²) in [6.45, 7) is 6.30. The first kappa shape index (κ1) is 11.5. The van der Waals surface area contributed by atoms with Gasteiger partial charge in [0.2, 0.25) is 0 Å². The number of hydrogen-bond donors (Lipinski definition) is 1. The van der Waals surface area contributed by atoms with E-state index in [0.29, 0.717) is 12.1 Å². The molecule has 2 rings (SSSR count). The molecule has 1 aliphatic heterocycles. The van der Waals surface area contributed by atoms with Gasteiger partial charge in [0.15, 0.2) is 5.75 Å². The maximum Gasteiger partial charge on any atom is 0.157 e. The van der Waals surface area contributed by atoms with Crippen LogP contribution in [0.15, 0.2) is 12.4 Å². The van der Waals surface area contributed by atoms with Crippen molar-refractivity contribution < 1.29 is 4.74 Å². The standard InChI is InChI=1S/C12H21N3O/c1-10(2)15-9-12(8-14-15)16-11-5-3-4-6-13-7-11/h8-11,13H,3-7H2,1-2H3. The van der Waals surface area contributed by atoms with Gasteiger partial charge in [0.25, 0.3) is 0 Å². The van der Waals surface area contributed by atoms with Crippen molar-refractivity contribution in [3.8, 4) is 5.75 Å². The van der Waals surface area contributed by atoms with Gasteiger partial charge in [-0.05, 0) is 39.7 Å². The lowest BCUT2D eigenvalue weighted by Crippen LogP contribution is -2.29. The maximum absolute atomic E-state index is 5.92. The molecule has 0 spiro atoms. The van der Waals surface area contributed by atoms with Crippen molar-refractivity contribution in [2.45, 2.75) is 45.3 Å². The third-order valence-corrected chi connectivity index (χ3v) is 2.91. The van der Waals surface area contributed by atoms with Gasteiger partial charge < -0.3 is 10.1 Å². The predicted octanol–water partition coefficient (Wildman–Crippen LogP) is 1.98. The van der Waals surface area contributed by atoms with Gasteiger partial charge >= 0.3 is 0 Å². The molecule has 4 heteroatoms. The van der Waals surface area contributed by atoms with E-state index >= 15 is 0 Å². The van der Waals surface area contributed by atoms with E-state index in [1.165, 1.54) is 12.8 Å². The molecular weight excluding hydrogens is 202 g/mol. The molecule has 1 aromatic rings. The van der Waals surface area contributed by atoms with E-state index in [4.69, 9.17) is 4.74 Å². The van der Waals surface area contributed by atoms with Gasteiger partial charge in [-0.3, -0.25) is 4.68 Å². The van der Waals surface area contributed by atoms with Crippen LogP contribution in [-0.4, -0.2) is 29.0 Å². The van der Waals surface area contributed by atoms with E-state index in [0.717, 1.165) is 25.3 Å². The highest BCUT2D eigenvalue weighted by Gasteiger charge is 2.14. The molecule has 1 N–H and O–H groups in total. The highest BCUT2D eigenvalue weighted by molar-refractivity contribution is 5.12. The SMILES string of the molecule is CC(C)n1cc(OC2CCCCNC2)cn1. The van der Waals surface area contributed by atoms with E-state index in [2.05, 4.69) is 24.3 Å². The molecule has 1 fully saturated rings. The largest absolute Gasteiger partial charge is 0.486 e. The van der Waals surface area contributed by atoms with Crippen LogP contribution in [0, 0.1) is 0 Å². The Hall–Kier alpha value is -1.03. The topological polar surface area (TPSA) is 39.1 Å². The fourth-order valence-corrected chi connectivity index (χ4v) is 1.94. The molecule has 1 unspecified atom stereocenters. The molecule has 2 heterocycles. The minimum Gasteiger partial charge on any atom is -0.486 e. The lowest BCUT2D eigenvalue weighted by molar-refractivity contribution is 0.194. The van der Waals surface area contributed by atoms with Crippen LogP contribution in [0.3, 0.4) is 0 Å². The van der Waals surface area contributed by atoms with Gasteiger partial charge in [0, 0.05) is 12.6 Å². The van der Waals surface area contributed by atoms with Gasteiger partial charge in [-0.25, -0.2) is 0 Å². The normalized spacial score (nSPS) is 22.1. The van der Waals surface area contributed by atoms with Crippen LogP contribution in [0.2, 0.25) is 0 Å². The summed E-state index contributed by atoms with van der Waals surface area (Å²) in [6.07, 6.45) is 7.73. The van der Waals surface area contributed by atoms with Crippen molar-refractivity contribution in [2.75, 3.05) is 13.1 Å². The van der Waals surface area contributed by atoms with Crippen LogP contribution in [-0.2, 0) is 0 Å². The van der Waals surface area contributed by atoms with E-state index in [1.54, 1.807) is 0 Å². The summed E-state index contributed by atoms with van der Waals surface area (Å²) in [7, 11) is 0. The average molecular weight is 223 g/mol. The van der Waals surface area contributed by atoms with Crippen LogP contribution < -0.4 is 10.1 Å². The first-order valence-electron chi connectivity index (χ1n) is 6.17. The molecular formula is C12H21N3O. The molecule has 1 saturated heterocycles. The Balaban J connectivity index is 1.91. The summed E-state index contributed by atoms with van der Waals surface area (Å²) in [4.78, 5) is 0. The summed E-state index contributed by atoms with van der Waals surface area (Å²) in [6, 6.07) is 0.393. The third kappa shape index (κ3) is 2.98. The summed E-state index contributed by atoms with van der Waals surface area (Å²) in [5.41, 5.74) is 0. The molecule has 0 saturated carbocycles. The molecule has 1 aromatic heterocycles. The first-order valence-corrected chi connectivity index (χ1v) is 6.17. The highest BCUT2D eigenvalue weighted by atomic mass is 16.5. The Morgan fingerprint density at radius 3 is 3.12 bits per heavy atom. The second-order valence-electron chi connectivity index (χ2n) is 4.69. The first-order chi connectivity index (χ1) is 7.75. The number of rotatable bonds is 3. The van der Waals surface area contributed by atoms with Crippen molar-refractivity contribution in [3.05, 3.63) is 12.4 Å². The second kappa shape index (κ2) is 5.34. The smallest absolute Gasteiger partial charge is 0.157 e. The van der Waals surface area contributed by atoms with Crippen LogP contribution in [0.5, 0.6) is 5.75 Å². The van der Waals surface area contributed by atoms with Crippen LogP contribution in [0.4, 0.5) is 0 Å². The fourth-order valence-electron chi connectivity index (χ4n) is 1.94. The molecule has 0 radical (unpaired) electrons. The fraction of sp³-hybridized carbons (Fsp3) is 0.750. The quantitative estimate of drug-likeness (QED) is 0.851. The van der Waals surface area contributed by atoms with Crippen LogP contribution in [0.25, 0.3) is 0 Å². The zero-order valence-corrected chi connectivity index (χ0v) is 10.1. The van der Waals surface area contributed by atoms with Crippen molar-refractivity contribution in [1.29, 1.82) is 0 Å². The Morgan fingerprint density at radius 2 is 2.38 bits per heavy atom. The van der Waals surface area contributed by atoms with Gasteiger partial charge in [0.1, 0.15) is 6.10 Å². The molecule has 90 valence electrons. The highest BCUT2D eigenvalue weighted by Crippen LogP contribution is 2.16. The number of ether oxygens (including phenoxy) is 1. The van der Waals surface area contributed by atoms with Crippen LogP contribution in [0.1, 0.15) is 39.2 Å². The Labute approximate surface area is 97.0 Å².